The quantitative estimate of drug-likeness (QED) is 0.789. The maximum Gasteiger partial charge on any atom is 0.0841 e. The number of para-hydroxylation sites is 1. The summed E-state index contributed by atoms with van der Waals surface area (Å²) < 4.78 is 1.93. The highest BCUT2D eigenvalue weighted by Gasteiger charge is 2.10. The van der Waals surface area contributed by atoms with Gasteiger partial charge in [0.25, 0.3) is 0 Å². The summed E-state index contributed by atoms with van der Waals surface area (Å²) in [5.74, 6) is 0. The van der Waals surface area contributed by atoms with Gasteiger partial charge in [0.05, 0.1) is 16.9 Å². The second-order valence-corrected chi connectivity index (χ2v) is 4.94. The van der Waals surface area contributed by atoms with Gasteiger partial charge in [0.15, 0.2) is 0 Å². The van der Waals surface area contributed by atoms with E-state index in [-0.39, 0.29) is 6.04 Å². The maximum atomic E-state index is 4.59. The molecular formula is C16H18N4. The Hall–Kier alpha value is -2.20. The van der Waals surface area contributed by atoms with Gasteiger partial charge in [-0.25, -0.2) is 0 Å². The van der Waals surface area contributed by atoms with Gasteiger partial charge >= 0.3 is 0 Å². The van der Waals surface area contributed by atoms with Gasteiger partial charge in [-0.1, -0.05) is 24.3 Å². The number of aromatic nitrogens is 3. The Morgan fingerprint density at radius 3 is 2.75 bits per heavy atom. The number of pyridine rings is 1. The summed E-state index contributed by atoms with van der Waals surface area (Å²) in [6.45, 7) is 2.85. The molecule has 0 amide bonds. The zero-order chi connectivity index (χ0) is 13.9. The minimum absolute atomic E-state index is 0.206. The van der Waals surface area contributed by atoms with E-state index >= 15 is 0 Å². The molecule has 0 aliphatic heterocycles. The van der Waals surface area contributed by atoms with Crippen molar-refractivity contribution in [3.05, 3.63) is 60.0 Å². The van der Waals surface area contributed by atoms with Crippen molar-refractivity contribution in [3.8, 4) is 0 Å². The van der Waals surface area contributed by atoms with E-state index in [9.17, 15) is 0 Å². The first-order valence-electron chi connectivity index (χ1n) is 6.80. The minimum Gasteiger partial charge on any atom is -0.303 e. The normalized spacial score (nSPS) is 12.7. The summed E-state index contributed by atoms with van der Waals surface area (Å²) in [6, 6.07) is 14.5. The van der Waals surface area contributed by atoms with Crippen LogP contribution in [-0.2, 0) is 13.6 Å². The molecule has 4 nitrogen and oxygen atoms in total. The molecule has 3 rings (SSSR count). The van der Waals surface area contributed by atoms with Crippen LogP contribution < -0.4 is 5.32 Å². The Morgan fingerprint density at radius 1 is 1.15 bits per heavy atom. The summed E-state index contributed by atoms with van der Waals surface area (Å²) in [7, 11) is 1.98. The molecule has 3 aromatic rings. The highest BCUT2D eigenvalue weighted by Crippen LogP contribution is 2.18. The van der Waals surface area contributed by atoms with Crippen molar-refractivity contribution in [3.63, 3.8) is 0 Å². The van der Waals surface area contributed by atoms with Gasteiger partial charge in [-0.15, -0.1) is 0 Å². The molecule has 0 saturated carbocycles. The maximum absolute atomic E-state index is 4.59. The van der Waals surface area contributed by atoms with Crippen molar-refractivity contribution in [2.75, 3.05) is 0 Å². The largest absolute Gasteiger partial charge is 0.303 e. The molecular weight excluding hydrogens is 248 g/mol. The summed E-state index contributed by atoms with van der Waals surface area (Å²) in [4.78, 5) is 4.37. The van der Waals surface area contributed by atoms with Gasteiger partial charge in [-0.05, 0) is 25.1 Å². The molecule has 0 aliphatic carbocycles. The number of aryl methyl sites for hydroxylation is 1. The molecule has 0 radical (unpaired) electrons. The Labute approximate surface area is 118 Å². The lowest BCUT2D eigenvalue weighted by Crippen LogP contribution is -2.19. The van der Waals surface area contributed by atoms with E-state index in [1.54, 1.807) is 0 Å². The van der Waals surface area contributed by atoms with E-state index in [1.165, 1.54) is 5.39 Å². The average Bonchev–Trinajstić information content (AvgIpc) is 2.83. The second-order valence-electron chi connectivity index (χ2n) is 4.94. The van der Waals surface area contributed by atoms with Crippen LogP contribution >= 0.6 is 0 Å². The van der Waals surface area contributed by atoms with E-state index in [0.29, 0.717) is 0 Å². The fourth-order valence-electron chi connectivity index (χ4n) is 2.41. The molecule has 0 fully saturated rings. The molecule has 1 aromatic carbocycles. The average molecular weight is 266 g/mol. The first-order valence-corrected chi connectivity index (χ1v) is 6.80. The predicted molar refractivity (Wildman–Crippen MR) is 80.2 cm³/mol. The number of benzene rings is 1. The molecule has 1 atom stereocenters. The van der Waals surface area contributed by atoms with E-state index in [2.05, 4.69) is 40.5 Å². The molecule has 20 heavy (non-hydrogen) atoms. The fourth-order valence-corrected chi connectivity index (χ4v) is 2.41. The molecule has 0 spiro atoms. The summed E-state index contributed by atoms with van der Waals surface area (Å²) in [5.41, 5.74) is 3.29. The molecule has 2 heterocycles. The molecule has 1 N–H and O–H groups in total. The molecule has 0 aliphatic rings. The molecule has 2 aromatic heterocycles. The fraction of sp³-hybridized carbons (Fsp3) is 0.250. The molecule has 0 bridgehead atoms. The number of fused-ring (bicyclic) bond motifs is 1. The second kappa shape index (κ2) is 5.43. The lowest BCUT2D eigenvalue weighted by atomic mass is 10.2. The Balaban J connectivity index is 1.77. The lowest BCUT2D eigenvalue weighted by Gasteiger charge is -2.12. The van der Waals surface area contributed by atoms with Crippen LogP contribution in [0.4, 0.5) is 0 Å². The van der Waals surface area contributed by atoms with E-state index in [4.69, 9.17) is 0 Å². The van der Waals surface area contributed by atoms with Crippen LogP contribution in [0.25, 0.3) is 10.9 Å². The third-order valence-corrected chi connectivity index (χ3v) is 3.54. The zero-order valence-electron chi connectivity index (χ0n) is 11.7. The van der Waals surface area contributed by atoms with Crippen molar-refractivity contribution in [2.45, 2.75) is 19.5 Å². The topological polar surface area (TPSA) is 42.7 Å². The highest BCUT2D eigenvalue weighted by atomic mass is 15.3. The first-order chi connectivity index (χ1) is 9.75. The van der Waals surface area contributed by atoms with Crippen LogP contribution in [0.2, 0.25) is 0 Å². The standard InChI is InChI=1S/C16H18N4/c1-12(14-8-5-6-10-17-14)18-11-15-13-7-3-4-9-16(13)20(2)19-15/h3-10,12,18H,11H2,1-2H3/t12-/m1/s1. The van der Waals surface area contributed by atoms with Crippen molar-refractivity contribution in [1.29, 1.82) is 0 Å². The number of hydrogen-bond donors (Lipinski definition) is 1. The molecule has 0 unspecified atom stereocenters. The van der Waals surface area contributed by atoms with Gasteiger partial charge in [0, 0.05) is 31.2 Å². The van der Waals surface area contributed by atoms with Crippen LogP contribution in [0.1, 0.15) is 24.4 Å². The smallest absolute Gasteiger partial charge is 0.0841 e. The van der Waals surface area contributed by atoms with Gasteiger partial charge in [-0.3, -0.25) is 9.67 Å². The number of hydrogen-bond acceptors (Lipinski definition) is 3. The van der Waals surface area contributed by atoms with Gasteiger partial charge in [0.1, 0.15) is 0 Å². The summed E-state index contributed by atoms with van der Waals surface area (Å²) >= 11 is 0. The molecule has 102 valence electrons. The monoisotopic (exact) mass is 266 g/mol. The van der Waals surface area contributed by atoms with E-state index in [1.807, 2.05) is 42.2 Å². The van der Waals surface area contributed by atoms with Gasteiger partial charge in [0.2, 0.25) is 0 Å². The number of nitrogens with zero attached hydrogens (tertiary/aromatic N) is 3. The lowest BCUT2D eigenvalue weighted by molar-refractivity contribution is 0.552. The van der Waals surface area contributed by atoms with Crippen LogP contribution in [0.5, 0.6) is 0 Å². The Bertz CT molecular complexity index is 703. The van der Waals surface area contributed by atoms with Crippen molar-refractivity contribution in [2.24, 2.45) is 7.05 Å². The predicted octanol–water partition coefficient (Wildman–Crippen LogP) is 2.82. The van der Waals surface area contributed by atoms with E-state index < -0.39 is 0 Å². The van der Waals surface area contributed by atoms with Crippen molar-refractivity contribution in [1.82, 2.24) is 20.1 Å². The van der Waals surface area contributed by atoms with Crippen LogP contribution in [-0.4, -0.2) is 14.8 Å². The first kappa shape index (κ1) is 12.8. The van der Waals surface area contributed by atoms with Crippen LogP contribution in [0, 0.1) is 0 Å². The van der Waals surface area contributed by atoms with Crippen molar-refractivity contribution < 1.29 is 0 Å². The molecule has 4 heteroatoms. The van der Waals surface area contributed by atoms with Gasteiger partial charge in [-0.2, -0.15) is 5.10 Å². The Morgan fingerprint density at radius 2 is 1.95 bits per heavy atom. The van der Waals surface area contributed by atoms with Crippen molar-refractivity contribution >= 4 is 10.9 Å². The number of nitrogens with one attached hydrogen (secondary N) is 1. The summed E-state index contributed by atoms with van der Waals surface area (Å²) in [6.07, 6.45) is 1.82. The zero-order valence-corrected chi connectivity index (χ0v) is 11.7. The number of rotatable bonds is 4. The minimum atomic E-state index is 0.206. The Kier molecular flexibility index (Phi) is 3.48. The van der Waals surface area contributed by atoms with E-state index in [0.717, 1.165) is 23.4 Å². The van der Waals surface area contributed by atoms with Gasteiger partial charge < -0.3 is 5.32 Å². The third kappa shape index (κ3) is 2.42. The molecule has 0 saturated heterocycles. The SMILES string of the molecule is C[C@@H](NCc1nn(C)c2ccccc12)c1ccccn1. The third-order valence-electron chi connectivity index (χ3n) is 3.54. The summed E-state index contributed by atoms with van der Waals surface area (Å²) in [5, 5.41) is 9.28. The highest BCUT2D eigenvalue weighted by molar-refractivity contribution is 5.81. The van der Waals surface area contributed by atoms with Crippen LogP contribution in [0.15, 0.2) is 48.7 Å². The van der Waals surface area contributed by atoms with Crippen LogP contribution in [0.3, 0.4) is 0 Å².